The van der Waals surface area contributed by atoms with Gasteiger partial charge in [-0.1, -0.05) is 6.92 Å². The second kappa shape index (κ2) is 5.80. The van der Waals surface area contributed by atoms with Crippen LogP contribution in [0.25, 0.3) is 0 Å². The van der Waals surface area contributed by atoms with Crippen molar-refractivity contribution >= 4 is 11.4 Å². The van der Waals surface area contributed by atoms with Crippen LogP contribution in [-0.4, -0.2) is 14.3 Å². The van der Waals surface area contributed by atoms with Crippen molar-refractivity contribution in [1.82, 2.24) is 4.98 Å². The third-order valence-corrected chi connectivity index (χ3v) is 4.20. The Kier molecular flexibility index (Phi) is 4.91. The maximum absolute atomic E-state index is 13.6. The molecule has 0 bridgehead atoms. The molecule has 2 atom stereocenters. The molecule has 2 N–H and O–H groups in total. The molecule has 1 heterocycles. The Bertz CT molecular complexity index is 371. The fourth-order valence-electron chi connectivity index (χ4n) is 1.81. The van der Waals surface area contributed by atoms with Gasteiger partial charge in [-0.15, -0.1) is 0 Å². The quantitative estimate of drug-likeness (QED) is 0.825. The summed E-state index contributed by atoms with van der Waals surface area (Å²) in [6, 6.07) is 2.97. The van der Waals surface area contributed by atoms with E-state index in [-0.39, 0.29) is 11.7 Å². The topological polar surface area (TPSA) is 62.0 Å². The molecule has 5 heteroatoms. The smallest absolute Gasteiger partial charge is 0.144 e. The van der Waals surface area contributed by atoms with Gasteiger partial charge in [0.15, 0.2) is 0 Å². The van der Waals surface area contributed by atoms with Crippen LogP contribution in [-0.2, 0) is 11.4 Å². The molecule has 0 aromatic carbocycles. The fourth-order valence-corrected chi connectivity index (χ4v) is 2.17. The summed E-state index contributed by atoms with van der Waals surface area (Å²) in [5.74, 6) is -0.364. The van der Waals surface area contributed by atoms with Gasteiger partial charge in [0.1, 0.15) is 10.6 Å². The van der Waals surface area contributed by atoms with Gasteiger partial charge in [0, 0.05) is 29.9 Å². The molecule has 0 aliphatic heterocycles. The number of hydrogen-bond acceptors (Lipinski definition) is 3. The molecular formula is C12H19FN2OS. The van der Waals surface area contributed by atoms with Gasteiger partial charge in [0.05, 0.1) is 5.69 Å². The Morgan fingerprint density at radius 3 is 2.71 bits per heavy atom. The molecule has 0 fully saturated rings. The van der Waals surface area contributed by atoms with Gasteiger partial charge in [-0.05, 0) is 32.4 Å². The lowest BCUT2D eigenvalue weighted by atomic mass is 9.90. The first-order valence-corrected chi connectivity index (χ1v) is 6.86. The average Bonchev–Trinajstić information content (AvgIpc) is 2.26. The highest BCUT2D eigenvalue weighted by Gasteiger charge is 2.34. The van der Waals surface area contributed by atoms with Crippen molar-refractivity contribution in [2.75, 3.05) is 0 Å². The first-order valence-electron chi connectivity index (χ1n) is 5.65. The third kappa shape index (κ3) is 3.66. The van der Waals surface area contributed by atoms with Gasteiger partial charge < -0.3 is 4.55 Å². The number of nitrogens with two attached hydrogens (primary N) is 1. The van der Waals surface area contributed by atoms with Gasteiger partial charge in [-0.25, -0.2) is 4.39 Å². The summed E-state index contributed by atoms with van der Waals surface area (Å²) in [6.07, 6.45) is 2.88. The zero-order chi connectivity index (χ0) is 13.1. The second-order valence-corrected chi connectivity index (χ2v) is 6.44. The van der Waals surface area contributed by atoms with Crippen LogP contribution in [0.1, 0.15) is 45.2 Å². The summed E-state index contributed by atoms with van der Waals surface area (Å²) < 4.78 is 24.5. The van der Waals surface area contributed by atoms with E-state index in [0.29, 0.717) is 12.1 Å². The number of pyridine rings is 1. The van der Waals surface area contributed by atoms with Gasteiger partial charge >= 0.3 is 0 Å². The van der Waals surface area contributed by atoms with E-state index in [0.717, 1.165) is 6.42 Å². The highest BCUT2D eigenvalue weighted by molar-refractivity contribution is 7.90. The summed E-state index contributed by atoms with van der Waals surface area (Å²) in [5.41, 5.74) is 0.438. The minimum absolute atomic E-state index is 0.0568. The monoisotopic (exact) mass is 258 g/mol. The first kappa shape index (κ1) is 14.4. The van der Waals surface area contributed by atoms with Crippen LogP contribution in [0.4, 0.5) is 4.39 Å². The predicted octanol–water partition coefficient (Wildman–Crippen LogP) is 2.51. The molecule has 0 saturated heterocycles. The van der Waals surface area contributed by atoms with Crippen molar-refractivity contribution in [3.63, 3.8) is 0 Å². The fraction of sp³-hybridized carbons (Fsp3) is 0.583. The molecule has 3 nitrogen and oxygen atoms in total. The van der Waals surface area contributed by atoms with Crippen LogP contribution >= 0.6 is 0 Å². The first-order chi connectivity index (χ1) is 7.88. The molecule has 1 rings (SSSR count). The van der Waals surface area contributed by atoms with Crippen molar-refractivity contribution < 1.29 is 8.94 Å². The van der Waals surface area contributed by atoms with Crippen molar-refractivity contribution in [2.24, 2.45) is 5.14 Å². The predicted molar refractivity (Wildman–Crippen MR) is 68.3 cm³/mol. The van der Waals surface area contributed by atoms with Gasteiger partial charge in [-0.2, -0.15) is 5.14 Å². The number of nitrogens with zero attached hydrogens (tertiary/aromatic N) is 1. The average molecular weight is 258 g/mol. The molecule has 17 heavy (non-hydrogen) atoms. The summed E-state index contributed by atoms with van der Waals surface area (Å²) in [4.78, 5) is 4.08. The van der Waals surface area contributed by atoms with E-state index in [1.807, 2.05) is 20.8 Å². The molecule has 0 amide bonds. The van der Waals surface area contributed by atoms with Crippen molar-refractivity contribution in [3.8, 4) is 0 Å². The number of rotatable bonds is 5. The SMILES string of the molecule is CC[C@@H](CC(C)(C)[S+](N)[O-])c1ncccc1F. The van der Waals surface area contributed by atoms with E-state index >= 15 is 0 Å². The Morgan fingerprint density at radius 2 is 2.24 bits per heavy atom. The van der Waals surface area contributed by atoms with Crippen molar-refractivity contribution in [1.29, 1.82) is 0 Å². The molecule has 1 unspecified atom stereocenters. The molecule has 0 aliphatic carbocycles. The molecule has 96 valence electrons. The van der Waals surface area contributed by atoms with E-state index in [4.69, 9.17) is 5.14 Å². The highest BCUT2D eigenvalue weighted by Crippen LogP contribution is 2.32. The van der Waals surface area contributed by atoms with Gasteiger partial charge in [0.2, 0.25) is 0 Å². The van der Waals surface area contributed by atoms with Crippen LogP contribution in [0.3, 0.4) is 0 Å². The minimum atomic E-state index is -1.43. The molecule has 0 radical (unpaired) electrons. The van der Waals surface area contributed by atoms with Crippen molar-refractivity contribution in [2.45, 2.75) is 44.3 Å². The lowest BCUT2D eigenvalue weighted by Crippen LogP contribution is -2.39. The maximum atomic E-state index is 13.6. The Balaban J connectivity index is 2.90. The molecule has 0 spiro atoms. The largest absolute Gasteiger partial charge is 0.598 e. The molecule has 0 aliphatic rings. The van der Waals surface area contributed by atoms with Gasteiger partial charge in [0.25, 0.3) is 0 Å². The summed E-state index contributed by atoms with van der Waals surface area (Å²) in [6.45, 7) is 5.62. The molecule has 1 aromatic heterocycles. The molecular weight excluding hydrogens is 239 g/mol. The zero-order valence-corrected chi connectivity index (χ0v) is 11.3. The van der Waals surface area contributed by atoms with Crippen LogP contribution < -0.4 is 5.14 Å². The van der Waals surface area contributed by atoms with E-state index in [2.05, 4.69) is 4.98 Å². The van der Waals surface area contributed by atoms with Crippen molar-refractivity contribution in [3.05, 3.63) is 29.8 Å². The Labute approximate surface area is 105 Å². The van der Waals surface area contributed by atoms with E-state index < -0.39 is 16.1 Å². The molecule has 1 aromatic rings. The highest BCUT2D eigenvalue weighted by atomic mass is 32.2. The van der Waals surface area contributed by atoms with E-state index in [9.17, 15) is 8.94 Å². The van der Waals surface area contributed by atoms with Crippen LogP contribution in [0.2, 0.25) is 0 Å². The van der Waals surface area contributed by atoms with Crippen LogP contribution in [0.5, 0.6) is 0 Å². The summed E-state index contributed by atoms with van der Waals surface area (Å²) in [5, 5.41) is 5.45. The lowest BCUT2D eigenvalue weighted by molar-refractivity contribution is 0.457. The van der Waals surface area contributed by atoms with Crippen LogP contribution in [0.15, 0.2) is 18.3 Å². The van der Waals surface area contributed by atoms with E-state index in [1.165, 1.54) is 6.07 Å². The number of hydrogen-bond donors (Lipinski definition) is 1. The van der Waals surface area contributed by atoms with Crippen LogP contribution in [0, 0.1) is 5.82 Å². The maximum Gasteiger partial charge on any atom is 0.144 e. The normalized spacial score (nSPS) is 15.6. The molecule has 0 saturated carbocycles. The zero-order valence-electron chi connectivity index (χ0n) is 10.4. The minimum Gasteiger partial charge on any atom is -0.598 e. The standard InChI is InChI=1S/C12H19FN2OS/c1-4-9(8-12(2,3)17(14)16)11-10(13)6-5-7-15-11/h5-7,9H,4,8,14H2,1-3H3/t9-,17?/m0/s1. The third-order valence-electron chi connectivity index (χ3n) is 2.95. The van der Waals surface area contributed by atoms with E-state index in [1.54, 1.807) is 12.3 Å². The number of aromatic nitrogens is 1. The lowest BCUT2D eigenvalue weighted by Gasteiger charge is -2.28. The Hall–Kier alpha value is -0.650. The second-order valence-electron chi connectivity index (χ2n) is 4.74. The van der Waals surface area contributed by atoms with Gasteiger partial charge in [-0.3, -0.25) is 4.98 Å². The number of halogens is 1. The summed E-state index contributed by atoms with van der Waals surface area (Å²) in [7, 11) is 0. The summed E-state index contributed by atoms with van der Waals surface area (Å²) >= 11 is -1.43. The Morgan fingerprint density at radius 1 is 1.59 bits per heavy atom.